The zero-order valence-electron chi connectivity index (χ0n) is 12.9. The largest absolute Gasteiger partial charge is 0.379 e. The van der Waals surface area contributed by atoms with Gasteiger partial charge in [-0.2, -0.15) is 0 Å². The summed E-state index contributed by atoms with van der Waals surface area (Å²) in [6, 6.07) is 19.8. The van der Waals surface area contributed by atoms with Gasteiger partial charge in [0.1, 0.15) is 0 Å². The van der Waals surface area contributed by atoms with Gasteiger partial charge in [0, 0.05) is 29.5 Å². The fraction of sp³-hybridized carbons (Fsp3) is 0.368. The zero-order valence-corrected chi connectivity index (χ0v) is 14.5. The molecule has 1 fully saturated rings. The number of hydrogen-bond acceptors (Lipinski definition) is 2. The number of benzene rings is 2. The molecule has 1 heterocycles. The van der Waals surface area contributed by atoms with Crippen molar-refractivity contribution in [3.05, 3.63) is 70.2 Å². The van der Waals surface area contributed by atoms with Crippen molar-refractivity contribution in [2.75, 3.05) is 26.3 Å². The first-order chi connectivity index (χ1) is 10.7. The van der Waals surface area contributed by atoms with Gasteiger partial charge in [0.25, 0.3) is 0 Å². The highest BCUT2D eigenvalue weighted by Gasteiger charge is 2.24. The number of hydrogen-bond donors (Lipinski definition) is 0. The van der Waals surface area contributed by atoms with Crippen LogP contribution < -0.4 is 0 Å². The molecule has 2 aromatic rings. The van der Waals surface area contributed by atoms with E-state index in [1.807, 2.05) is 0 Å². The van der Waals surface area contributed by atoms with E-state index < -0.39 is 0 Å². The Labute approximate surface area is 141 Å². The molecule has 1 unspecified atom stereocenters. The van der Waals surface area contributed by atoms with Crippen LogP contribution in [-0.4, -0.2) is 31.2 Å². The lowest BCUT2D eigenvalue weighted by molar-refractivity contribution is 0.130. The number of halogens is 1. The Morgan fingerprint density at radius 1 is 1.09 bits per heavy atom. The average molecular weight is 360 g/mol. The number of ether oxygens (including phenoxy) is 1. The zero-order chi connectivity index (χ0) is 15.4. The van der Waals surface area contributed by atoms with Crippen LogP contribution in [0, 0.1) is 0 Å². The van der Waals surface area contributed by atoms with Crippen LogP contribution >= 0.6 is 15.9 Å². The molecular formula is C19H22BrNO. The van der Waals surface area contributed by atoms with E-state index in [1.54, 1.807) is 0 Å². The molecule has 0 aromatic heterocycles. The van der Waals surface area contributed by atoms with Crippen molar-refractivity contribution in [2.24, 2.45) is 0 Å². The molecule has 0 saturated carbocycles. The van der Waals surface area contributed by atoms with Crippen LogP contribution in [-0.2, 0) is 4.74 Å². The predicted octanol–water partition coefficient (Wildman–Crippen LogP) is 4.63. The maximum atomic E-state index is 5.85. The van der Waals surface area contributed by atoms with Gasteiger partial charge in [-0.3, -0.25) is 4.90 Å². The highest BCUT2D eigenvalue weighted by Crippen LogP contribution is 2.27. The van der Waals surface area contributed by atoms with Gasteiger partial charge in [0.2, 0.25) is 0 Å². The fourth-order valence-electron chi connectivity index (χ4n) is 3.07. The van der Waals surface area contributed by atoms with Crippen LogP contribution in [0.25, 0.3) is 0 Å². The van der Waals surface area contributed by atoms with Gasteiger partial charge in [-0.05, 0) is 30.2 Å². The standard InChI is InChI=1S/C19H22BrNO/c1-15(16-5-3-2-4-6-16)21-11-12-22-14-18(13-21)17-7-9-19(20)10-8-17/h2-10,15,18H,11-14H2,1H3/t15-,18?/m1/s1. The summed E-state index contributed by atoms with van der Waals surface area (Å²) in [5, 5.41) is 0. The second-order valence-electron chi connectivity index (χ2n) is 5.90. The Balaban J connectivity index is 1.76. The molecule has 2 nitrogen and oxygen atoms in total. The third kappa shape index (κ3) is 3.78. The summed E-state index contributed by atoms with van der Waals surface area (Å²) in [6.07, 6.45) is 0. The second kappa shape index (κ2) is 7.40. The van der Waals surface area contributed by atoms with Crippen molar-refractivity contribution in [3.8, 4) is 0 Å². The van der Waals surface area contributed by atoms with E-state index in [0.717, 1.165) is 30.8 Å². The van der Waals surface area contributed by atoms with Gasteiger partial charge in [0.15, 0.2) is 0 Å². The van der Waals surface area contributed by atoms with Gasteiger partial charge in [-0.25, -0.2) is 0 Å². The monoisotopic (exact) mass is 359 g/mol. The van der Waals surface area contributed by atoms with Crippen LogP contribution in [0.1, 0.15) is 30.0 Å². The van der Waals surface area contributed by atoms with E-state index in [9.17, 15) is 0 Å². The van der Waals surface area contributed by atoms with E-state index in [4.69, 9.17) is 4.74 Å². The Morgan fingerprint density at radius 3 is 2.55 bits per heavy atom. The van der Waals surface area contributed by atoms with Crippen LogP contribution in [0.5, 0.6) is 0 Å². The van der Waals surface area contributed by atoms with Crippen LogP contribution in [0.15, 0.2) is 59.1 Å². The van der Waals surface area contributed by atoms with Gasteiger partial charge in [-0.15, -0.1) is 0 Å². The third-order valence-corrected chi connectivity index (χ3v) is 5.00. The number of nitrogens with zero attached hydrogens (tertiary/aromatic N) is 1. The predicted molar refractivity (Wildman–Crippen MR) is 94.1 cm³/mol. The van der Waals surface area contributed by atoms with Crippen molar-refractivity contribution in [3.63, 3.8) is 0 Å². The summed E-state index contributed by atoms with van der Waals surface area (Å²) >= 11 is 3.51. The second-order valence-corrected chi connectivity index (χ2v) is 6.82. The Bertz CT molecular complexity index is 584. The average Bonchev–Trinajstić information content (AvgIpc) is 2.82. The normalized spacial score (nSPS) is 21.3. The Hall–Kier alpha value is -1.16. The maximum Gasteiger partial charge on any atom is 0.0593 e. The van der Waals surface area contributed by atoms with Crippen molar-refractivity contribution >= 4 is 15.9 Å². The summed E-state index contributed by atoms with van der Waals surface area (Å²) in [4.78, 5) is 2.54. The molecule has 0 radical (unpaired) electrons. The fourth-order valence-corrected chi connectivity index (χ4v) is 3.33. The van der Waals surface area contributed by atoms with Crippen LogP contribution in [0.4, 0.5) is 0 Å². The molecule has 0 N–H and O–H groups in total. The molecule has 2 aromatic carbocycles. The minimum absolute atomic E-state index is 0.417. The summed E-state index contributed by atoms with van der Waals surface area (Å²) in [5.74, 6) is 0.432. The van der Waals surface area contributed by atoms with Crippen molar-refractivity contribution in [1.29, 1.82) is 0 Å². The molecule has 0 bridgehead atoms. The topological polar surface area (TPSA) is 12.5 Å². The van der Waals surface area contributed by atoms with Crippen molar-refractivity contribution in [1.82, 2.24) is 4.90 Å². The molecule has 22 heavy (non-hydrogen) atoms. The highest BCUT2D eigenvalue weighted by atomic mass is 79.9. The van der Waals surface area contributed by atoms with E-state index in [0.29, 0.717) is 12.0 Å². The van der Waals surface area contributed by atoms with Gasteiger partial charge < -0.3 is 4.74 Å². The van der Waals surface area contributed by atoms with Crippen LogP contribution in [0.3, 0.4) is 0 Å². The van der Waals surface area contributed by atoms with E-state index >= 15 is 0 Å². The quantitative estimate of drug-likeness (QED) is 0.792. The number of rotatable bonds is 3. The van der Waals surface area contributed by atoms with E-state index in [-0.39, 0.29) is 0 Å². The highest BCUT2D eigenvalue weighted by molar-refractivity contribution is 9.10. The Kier molecular flexibility index (Phi) is 5.29. The molecule has 0 aliphatic carbocycles. The molecule has 1 saturated heterocycles. The smallest absolute Gasteiger partial charge is 0.0593 e. The minimum atomic E-state index is 0.417. The lowest BCUT2D eigenvalue weighted by Gasteiger charge is -2.30. The van der Waals surface area contributed by atoms with E-state index in [2.05, 4.69) is 82.4 Å². The minimum Gasteiger partial charge on any atom is -0.379 e. The molecule has 116 valence electrons. The molecule has 3 heteroatoms. The summed E-state index contributed by atoms with van der Waals surface area (Å²) in [5.41, 5.74) is 2.73. The molecule has 0 spiro atoms. The molecule has 3 rings (SSSR count). The van der Waals surface area contributed by atoms with Gasteiger partial charge in [-0.1, -0.05) is 58.4 Å². The lowest BCUT2D eigenvalue weighted by atomic mass is 9.98. The Morgan fingerprint density at radius 2 is 1.82 bits per heavy atom. The SMILES string of the molecule is C[C@H](c1ccccc1)N1CCOCC(c2ccc(Br)cc2)C1. The van der Waals surface area contributed by atoms with Gasteiger partial charge >= 0.3 is 0 Å². The van der Waals surface area contributed by atoms with Crippen molar-refractivity contribution in [2.45, 2.75) is 18.9 Å². The first-order valence-electron chi connectivity index (χ1n) is 7.86. The first-order valence-corrected chi connectivity index (χ1v) is 8.65. The lowest BCUT2D eigenvalue weighted by Crippen LogP contribution is -2.32. The first kappa shape index (κ1) is 15.7. The van der Waals surface area contributed by atoms with Gasteiger partial charge in [0.05, 0.1) is 13.2 Å². The summed E-state index contributed by atoms with van der Waals surface area (Å²) < 4.78 is 6.98. The molecule has 0 amide bonds. The molecule has 1 aliphatic heterocycles. The maximum absolute atomic E-state index is 5.85. The molecule has 1 aliphatic rings. The third-order valence-electron chi connectivity index (χ3n) is 4.47. The summed E-state index contributed by atoms with van der Waals surface area (Å²) in [7, 11) is 0. The molecule has 2 atom stereocenters. The summed E-state index contributed by atoms with van der Waals surface area (Å²) in [6.45, 7) is 5.93. The van der Waals surface area contributed by atoms with E-state index in [1.165, 1.54) is 11.1 Å². The van der Waals surface area contributed by atoms with Crippen LogP contribution in [0.2, 0.25) is 0 Å². The molecular weight excluding hydrogens is 338 g/mol. The van der Waals surface area contributed by atoms with Crippen molar-refractivity contribution < 1.29 is 4.74 Å².